The fraction of sp³-hybridized carbons (Fsp3) is 0.100. The van der Waals surface area contributed by atoms with Gasteiger partial charge in [-0.15, -0.1) is 13.2 Å². The highest BCUT2D eigenvalue weighted by Gasteiger charge is 2.45. The first-order valence-corrected chi connectivity index (χ1v) is 17.4. The largest absolute Gasteiger partial charge is 0.573 e. The minimum atomic E-state index is -4.74. The number of nitrogens with zero attached hydrogens (tertiary/aromatic N) is 2. The smallest absolute Gasteiger partial charge is 0.423 e. The number of halogens is 12. The number of hydrogen-bond acceptors (Lipinski definition) is 7. The Labute approximate surface area is 341 Å². The van der Waals surface area contributed by atoms with Gasteiger partial charge in [0.1, 0.15) is 40.4 Å². The van der Waals surface area contributed by atoms with Crippen molar-refractivity contribution >= 4 is 40.1 Å². The van der Waals surface area contributed by atoms with E-state index >= 15 is 0 Å². The monoisotopic (exact) mass is 912 g/mol. The average Bonchev–Trinajstić information content (AvgIpc) is 3.18. The zero-order valence-corrected chi connectivity index (χ0v) is 31.8. The molecular formula is C40H25BBrF11N2O5. The summed E-state index contributed by atoms with van der Waals surface area (Å²) in [6, 6.07) is 19.9. The molecule has 0 aliphatic carbocycles. The molecule has 0 aliphatic rings. The molecule has 312 valence electrons. The fourth-order valence-corrected chi connectivity index (χ4v) is 5.05. The zero-order chi connectivity index (χ0) is 44.6. The number of carbonyl (C=O) groups is 2. The van der Waals surface area contributed by atoms with Gasteiger partial charge in [-0.1, -0.05) is 48.0 Å². The fourth-order valence-electron chi connectivity index (χ4n) is 4.82. The number of ether oxygens (including phenoxy) is 1. The molecule has 0 radical (unpaired) electrons. The average molecular weight is 913 g/mol. The van der Waals surface area contributed by atoms with Gasteiger partial charge in [-0.25, -0.2) is 17.6 Å². The van der Waals surface area contributed by atoms with E-state index < -0.39 is 88.4 Å². The third-order valence-electron chi connectivity index (χ3n) is 7.85. The third kappa shape index (κ3) is 12.3. The molecule has 2 heterocycles. The number of pyridine rings is 2. The van der Waals surface area contributed by atoms with Crippen LogP contribution < -0.4 is 10.2 Å². The molecule has 0 spiro atoms. The lowest BCUT2D eigenvalue weighted by Gasteiger charge is -2.15. The van der Waals surface area contributed by atoms with Gasteiger partial charge in [0, 0.05) is 34.6 Å². The normalized spacial score (nSPS) is 11.4. The highest BCUT2D eigenvalue weighted by Crippen LogP contribution is 2.34. The Bertz CT molecular complexity index is 2420. The number of aromatic nitrogens is 2. The maximum atomic E-state index is 14.4. The number of Topliss-reactive ketones (excluding diaryl/α,β-unsaturated/α-hetero) is 2. The van der Waals surface area contributed by atoms with E-state index in [-0.39, 0.29) is 5.46 Å². The lowest BCUT2D eigenvalue weighted by molar-refractivity contribution is -0.274. The van der Waals surface area contributed by atoms with Crippen LogP contribution in [-0.2, 0) is 11.8 Å². The molecule has 0 bridgehead atoms. The number of benzene rings is 4. The zero-order valence-electron chi connectivity index (χ0n) is 30.2. The van der Waals surface area contributed by atoms with E-state index in [1.54, 1.807) is 0 Å². The van der Waals surface area contributed by atoms with Gasteiger partial charge in [0.15, 0.2) is 0 Å². The summed E-state index contributed by atoms with van der Waals surface area (Å²) in [5.74, 6) is -16.6. The van der Waals surface area contributed by atoms with Crippen molar-refractivity contribution in [3.8, 4) is 16.9 Å². The molecule has 0 aliphatic heterocycles. The molecule has 60 heavy (non-hydrogen) atoms. The van der Waals surface area contributed by atoms with Crippen molar-refractivity contribution in [3.05, 3.63) is 177 Å². The van der Waals surface area contributed by atoms with E-state index in [9.17, 15) is 57.9 Å². The molecular weight excluding hydrogens is 888 g/mol. The number of alkyl halides is 7. The lowest BCUT2D eigenvalue weighted by Crippen LogP contribution is -2.29. The Morgan fingerprint density at radius 2 is 1.05 bits per heavy atom. The van der Waals surface area contributed by atoms with Crippen LogP contribution in [-0.4, -0.2) is 45.1 Å². The number of rotatable bonds is 9. The van der Waals surface area contributed by atoms with Crippen LogP contribution >= 0.6 is 15.9 Å². The Balaban J connectivity index is 0.000000208. The van der Waals surface area contributed by atoms with E-state index in [2.05, 4.69) is 30.6 Å². The highest BCUT2D eigenvalue weighted by molar-refractivity contribution is 9.10. The van der Waals surface area contributed by atoms with Crippen LogP contribution in [0, 0.1) is 30.2 Å². The summed E-state index contributed by atoms with van der Waals surface area (Å²) in [4.78, 5) is 30.9. The summed E-state index contributed by atoms with van der Waals surface area (Å²) in [7, 11) is -1.70. The molecule has 0 saturated heterocycles. The van der Waals surface area contributed by atoms with Crippen LogP contribution in [0.3, 0.4) is 0 Å². The quantitative estimate of drug-likeness (QED) is 0.0845. The summed E-state index contributed by atoms with van der Waals surface area (Å²) in [6.07, 6.45) is -2.42. The standard InChI is InChI=1S/C20H13F4NO.C13H6BrF4NO.C7H6BF3O3/c1-12-2-4-13(5-3-12)14-6-9-18(25-11-14)20(23,24)19(26)16-8-7-15(21)10-17(16)22;14-7-1-4-11(19-6-7)13(17,18)12(20)9-3-2-8(15)5-10(9)16;9-7(10,11)14-6-3-1-5(2-4-6)8(12)13/h2-11H,1H3;1-6H;1-4,12-13H. The molecule has 0 atom stereocenters. The van der Waals surface area contributed by atoms with Gasteiger partial charge in [-0.05, 0) is 88.5 Å². The molecule has 4 aromatic carbocycles. The molecule has 0 saturated carbocycles. The second-order valence-corrected chi connectivity index (χ2v) is 13.1. The van der Waals surface area contributed by atoms with E-state index in [0.717, 1.165) is 65.9 Å². The molecule has 2 aromatic heterocycles. The lowest BCUT2D eigenvalue weighted by atomic mass is 9.80. The number of ketones is 2. The van der Waals surface area contributed by atoms with Crippen molar-refractivity contribution in [2.75, 3.05) is 0 Å². The Morgan fingerprint density at radius 3 is 1.43 bits per heavy atom. The maximum Gasteiger partial charge on any atom is 0.573 e. The molecule has 20 heteroatoms. The minimum absolute atomic E-state index is 0.0968. The third-order valence-corrected chi connectivity index (χ3v) is 8.32. The molecule has 7 nitrogen and oxygen atoms in total. The van der Waals surface area contributed by atoms with E-state index in [0.29, 0.717) is 34.3 Å². The van der Waals surface area contributed by atoms with Crippen LogP contribution in [0.1, 0.15) is 37.7 Å². The second kappa shape index (κ2) is 19.4. The van der Waals surface area contributed by atoms with Gasteiger partial charge < -0.3 is 14.8 Å². The molecule has 6 rings (SSSR count). The Morgan fingerprint density at radius 1 is 0.600 bits per heavy atom. The van der Waals surface area contributed by atoms with Gasteiger partial charge in [0.05, 0.1) is 11.1 Å². The number of hydrogen-bond donors (Lipinski definition) is 2. The van der Waals surface area contributed by atoms with Gasteiger partial charge >= 0.3 is 25.3 Å². The summed E-state index contributed by atoms with van der Waals surface area (Å²) >= 11 is 3.02. The van der Waals surface area contributed by atoms with Crippen LogP contribution in [0.4, 0.5) is 48.3 Å². The summed E-state index contributed by atoms with van der Waals surface area (Å²) in [5.41, 5.74) is -0.853. The van der Waals surface area contributed by atoms with Crippen molar-refractivity contribution in [1.82, 2.24) is 9.97 Å². The predicted octanol–water partition coefficient (Wildman–Crippen LogP) is 9.67. The maximum absolute atomic E-state index is 14.4. The first kappa shape index (κ1) is 46.7. The first-order chi connectivity index (χ1) is 28.0. The Hall–Kier alpha value is -5.99. The van der Waals surface area contributed by atoms with Crippen molar-refractivity contribution in [1.29, 1.82) is 0 Å². The molecule has 0 amide bonds. The summed E-state index contributed by atoms with van der Waals surface area (Å²) in [5, 5.41) is 17.3. The molecule has 6 aromatic rings. The topological polar surface area (TPSA) is 110 Å². The van der Waals surface area contributed by atoms with Gasteiger partial charge in [0.2, 0.25) is 11.6 Å². The SMILES string of the molecule is Cc1ccc(-c2ccc(C(F)(F)C(=O)c3ccc(F)cc3F)nc2)cc1.O=C(c1ccc(F)cc1F)C(F)(F)c1ccc(Br)cn1.OB(O)c1ccc(OC(F)(F)F)cc1. The van der Waals surface area contributed by atoms with Crippen LogP contribution in [0.5, 0.6) is 5.75 Å². The molecule has 2 N–H and O–H groups in total. The van der Waals surface area contributed by atoms with E-state index in [4.69, 9.17) is 10.0 Å². The van der Waals surface area contributed by atoms with Crippen molar-refractivity contribution in [2.24, 2.45) is 0 Å². The second-order valence-electron chi connectivity index (χ2n) is 12.2. The van der Waals surface area contributed by atoms with Crippen molar-refractivity contribution < 1.29 is 72.7 Å². The van der Waals surface area contributed by atoms with Crippen LogP contribution in [0.15, 0.2) is 126 Å². The van der Waals surface area contributed by atoms with Crippen molar-refractivity contribution in [2.45, 2.75) is 25.1 Å². The Kier molecular flexibility index (Phi) is 15.1. The highest BCUT2D eigenvalue weighted by atomic mass is 79.9. The van der Waals surface area contributed by atoms with E-state index in [1.807, 2.05) is 31.2 Å². The van der Waals surface area contributed by atoms with Gasteiger partial charge in [0.25, 0.3) is 0 Å². The minimum Gasteiger partial charge on any atom is -0.423 e. The summed E-state index contributed by atoms with van der Waals surface area (Å²) in [6.45, 7) is 1.92. The number of carbonyl (C=O) groups excluding carboxylic acids is 2. The number of aryl methyl sites for hydroxylation is 1. The van der Waals surface area contributed by atoms with E-state index in [1.165, 1.54) is 18.3 Å². The molecule has 0 fully saturated rings. The van der Waals surface area contributed by atoms with Crippen LogP contribution in [0.2, 0.25) is 0 Å². The van der Waals surface area contributed by atoms with Crippen LogP contribution in [0.25, 0.3) is 11.1 Å². The molecule has 0 unspecified atom stereocenters. The van der Waals surface area contributed by atoms with Crippen molar-refractivity contribution in [3.63, 3.8) is 0 Å². The summed E-state index contributed by atoms with van der Waals surface area (Å²) < 4.78 is 149. The van der Waals surface area contributed by atoms with Gasteiger partial charge in [-0.2, -0.15) is 17.6 Å². The first-order valence-electron chi connectivity index (χ1n) is 16.6. The van der Waals surface area contributed by atoms with Gasteiger partial charge in [-0.3, -0.25) is 19.6 Å². The predicted molar refractivity (Wildman–Crippen MR) is 198 cm³/mol.